The van der Waals surface area contributed by atoms with E-state index in [1.54, 1.807) is 90.8 Å². The lowest BCUT2D eigenvalue weighted by Gasteiger charge is -2.25. The van der Waals surface area contributed by atoms with E-state index in [1.165, 1.54) is 0 Å². The second-order valence-corrected chi connectivity index (χ2v) is 23.1. The second kappa shape index (κ2) is 41.0. The fourth-order valence-electron chi connectivity index (χ4n) is 9.84. The third kappa shape index (κ3) is 26.5. The zero-order valence-corrected chi connectivity index (χ0v) is 54.1. The molecule has 4 aromatic rings. The SMILES string of the molecule is CCC(CC)OCC(COC(CC)CC)Oc1ccc2c(c1)c(C(=O)Oc1c(C)cc(C(=O)NCCOCCOCCCC(=O)CCCC(=O)O)cc1C)c1cc(OC(COC(COC)COC)COC(COC)COC)ccc1[n+]2CCCS(=O)(=O)O. The number of nitrogens with zero attached hydrogens (tertiary/aromatic N) is 1. The van der Waals surface area contributed by atoms with Gasteiger partial charge in [0.2, 0.25) is 11.0 Å². The summed E-state index contributed by atoms with van der Waals surface area (Å²) in [7, 11) is 1.89. The highest BCUT2D eigenvalue weighted by Gasteiger charge is 2.30. The highest BCUT2D eigenvalue weighted by atomic mass is 32.2. The number of carboxylic acids is 1. The molecule has 0 aliphatic heterocycles. The Morgan fingerprint density at radius 2 is 1.01 bits per heavy atom. The van der Waals surface area contributed by atoms with E-state index in [9.17, 15) is 27.4 Å². The number of hydrogen-bond donors (Lipinski definition) is 3. The Kier molecular flexibility index (Phi) is 34.9. The van der Waals surface area contributed by atoms with Crippen LogP contribution < -0.4 is 24.1 Å². The highest BCUT2D eigenvalue weighted by Crippen LogP contribution is 2.34. The van der Waals surface area contributed by atoms with Crippen LogP contribution in [-0.2, 0) is 73.6 Å². The van der Waals surface area contributed by atoms with Crippen molar-refractivity contribution in [2.45, 2.75) is 149 Å². The summed E-state index contributed by atoms with van der Waals surface area (Å²) in [6, 6.07) is 13.8. The van der Waals surface area contributed by atoms with Crippen molar-refractivity contribution >= 4 is 55.6 Å². The number of pyridine rings is 1. The number of carbonyl (C=O) groups is 4. The van der Waals surface area contributed by atoms with Crippen LogP contribution in [-0.4, -0.2) is 198 Å². The molecule has 3 N–H and O–H groups in total. The first-order chi connectivity index (χ1) is 42.3. The van der Waals surface area contributed by atoms with Gasteiger partial charge in [0.25, 0.3) is 16.0 Å². The van der Waals surface area contributed by atoms with Crippen LogP contribution in [0, 0.1) is 13.8 Å². The van der Waals surface area contributed by atoms with E-state index in [2.05, 4.69) is 33.0 Å². The molecule has 0 saturated carbocycles. The van der Waals surface area contributed by atoms with Crippen molar-refractivity contribution in [3.8, 4) is 17.2 Å². The molecule has 494 valence electrons. The smallest absolute Gasteiger partial charge is 0.345 e. The monoisotopic (exact) mass is 1260 g/mol. The van der Waals surface area contributed by atoms with Crippen LogP contribution in [0.3, 0.4) is 0 Å². The van der Waals surface area contributed by atoms with Crippen LogP contribution in [0.2, 0.25) is 0 Å². The topological polar surface area (TPSA) is 279 Å². The number of rotatable bonds is 49. The number of carboxylic acid groups (broad SMARTS) is 1. The summed E-state index contributed by atoms with van der Waals surface area (Å²) >= 11 is 0. The quantitative estimate of drug-likeness (QED) is 0.00942. The van der Waals surface area contributed by atoms with Gasteiger partial charge in [-0.25, -0.2) is 4.79 Å². The Labute approximate surface area is 519 Å². The molecule has 4 rings (SSSR count). The molecule has 0 fully saturated rings. The third-order valence-electron chi connectivity index (χ3n) is 14.4. The summed E-state index contributed by atoms with van der Waals surface area (Å²) in [6.45, 7) is 14.6. The molecular formula is C64H97N2O21S+. The maximum Gasteiger partial charge on any atom is 0.345 e. The lowest BCUT2D eigenvalue weighted by atomic mass is 10.0. The van der Waals surface area contributed by atoms with Gasteiger partial charge >= 0.3 is 11.9 Å². The van der Waals surface area contributed by atoms with Crippen LogP contribution in [0.25, 0.3) is 21.8 Å². The molecule has 0 unspecified atom stereocenters. The van der Waals surface area contributed by atoms with E-state index < -0.39 is 52.2 Å². The van der Waals surface area contributed by atoms with Crippen molar-refractivity contribution < 1.29 is 103 Å². The van der Waals surface area contributed by atoms with Gasteiger partial charge in [-0.2, -0.15) is 13.0 Å². The van der Waals surface area contributed by atoms with Crippen molar-refractivity contribution in [1.82, 2.24) is 5.32 Å². The van der Waals surface area contributed by atoms with Crippen LogP contribution in [0.4, 0.5) is 0 Å². The largest absolute Gasteiger partial charge is 0.486 e. The average Bonchev–Trinajstić information content (AvgIpc) is 0.878. The molecule has 0 saturated heterocycles. The number of fused-ring (bicyclic) bond motifs is 2. The van der Waals surface area contributed by atoms with Gasteiger partial charge in [0, 0.05) is 85.0 Å². The van der Waals surface area contributed by atoms with Gasteiger partial charge in [-0.3, -0.25) is 18.9 Å². The van der Waals surface area contributed by atoms with Gasteiger partial charge in [0.15, 0.2) is 6.54 Å². The molecule has 0 atom stereocenters. The molecular weight excluding hydrogens is 1160 g/mol. The molecule has 24 heteroatoms. The molecule has 3 aromatic carbocycles. The van der Waals surface area contributed by atoms with Gasteiger partial charge in [0.1, 0.15) is 47.4 Å². The molecule has 1 amide bonds. The number of hydrogen-bond acceptors (Lipinski definition) is 19. The molecule has 0 radical (unpaired) electrons. The number of ether oxygens (including phenoxy) is 13. The predicted octanol–water partition coefficient (Wildman–Crippen LogP) is 8.02. The van der Waals surface area contributed by atoms with E-state index in [0.717, 1.165) is 25.7 Å². The Morgan fingerprint density at radius 1 is 0.557 bits per heavy atom. The molecule has 23 nitrogen and oxygen atoms in total. The lowest BCUT2D eigenvalue weighted by molar-refractivity contribution is -0.645. The average molecular weight is 1260 g/mol. The number of Topliss-reactive ketones (excluding diaryl/α,β-unsaturated/α-hetero) is 1. The first kappa shape index (κ1) is 75.0. The summed E-state index contributed by atoms with van der Waals surface area (Å²) in [5, 5.41) is 12.4. The van der Waals surface area contributed by atoms with Gasteiger partial charge in [-0.05, 0) is 99.9 Å². The normalized spacial score (nSPS) is 12.1. The van der Waals surface area contributed by atoms with Gasteiger partial charge in [0.05, 0.1) is 107 Å². The van der Waals surface area contributed by atoms with Crippen LogP contribution >= 0.6 is 0 Å². The molecule has 0 aliphatic carbocycles. The van der Waals surface area contributed by atoms with Crippen LogP contribution in [0.15, 0.2) is 48.5 Å². The summed E-state index contributed by atoms with van der Waals surface area (Å²) < 4.78 is 114. The number of methoxy groups -OCH3 is 4. The van der Waals surface area contributed by atoms with Crippen LogP contribution in [0.1, 0.15) is 124 Å². The molecule has 0 bridgehead atoms. The first-order valence-corrected chi connectivity index (χ1v) is 32.1. The van der Waals surface area contributed by atoms with E-state index in [1.807, 2.05) is 4.57 Å². The number of carbonyl (C=O) groups excluding carboxylic acids is 3. The first-order valence-electron chi connectivity index (χ1n) is 30.5. The number of benzene rings is 3. The minimum Gasteiger partial charge on any atom is -0.486 e. The van der Waals surface area contributed by atoms with E-state index in [-0.39, 0.29) is 134 Å². The summed E-state index contributed by atoms with van der Waals surface area (Å²) in [4.78, 5) is 51.6. The summed E-state index contributed by atoms with van der Waals surface area (Å²) in [5.74, 6) is -1.68. The van der Waals surface area contributed by atoms with Gasteiger partial charge < -0.3 is 72.0 Å². The van der Waals surface area contributed by atoms with Gasteiger partial charge in [-0.1, -0.05) is 27.7 Å². The molecule has 0 aliphatic rings. The fourth-order valence-corrected chi connectivity index (χ4v) is 10.3. The Balaban J connectivity index is 1.78. The summed E-state index contributed by atoms with van der Waals surface area (Å²) in [6.07, 6.45) is 2.37. The highest BCUT2D eigenvalue weighted by molar-refractivity contribution is 7.85. The molecule has 0 spiro atoms. The van der Waals surface area contributed by atoms with Crippen molar-refractivity contribution in [3.63, 3.8) is 0 Å². The number of amides is 1. The van der Waals surface area contributed by atoms with Crippen LogP contribution in [0.5, 0.6) is 17.2 Å². The molecule has 1 heterocycles. The molecule has 1 aromatic heterocycles. The maximum atomic E-state index is 15.5. The lowest BCUT2D eigenvalue weighted by Crippen LogP contribution is -2.38. The summed E-state index contributed by atoms with van der Waals surface area (Å²) in [5.41, 5.74) is 2.45. The minimum atomic E-state index is -4.36. The number of ketones is 1. The van der Waals surface area contributed by atoms with E-state index in [0.29, 0.717) is 82.5 Å². The molecule has 88 heavy (non-hydrogen) atoms. The standard InChI is InChI=1S/C64H96N2O21S/c1-11-48(12-2)81-40-54(41-82-49(13-3)14-4)85-50-21-23-58-56(34-50)61(64(71)87-62-44(5)32-46(33-45(62)6)63(70)65-25-28-80-30-29-79-27-16-19-47(67)18-15-20-60(68)69)57-35-51(22-24-59(57)66(58)26-17-31-88(72,73)74)86-55(42-83-52(36-75-7)37-76-8)43-84-53(38-77-9)39-78-10/h21-24,32-35,48-49,52-55H,11-20,25-31,36-43H2,1-10H3,(H2-,65,68,69,70,72,73,74)/p+1. The maximum absolute atomic E-state index is 15.5. The van der Waals surface area contributed by atoms with Crippen molar-refractivity contribution in [3.05, 3.63) is 70.8 Å². The Morgan fingerprint density at radius 3 is 1.45 bits per heavy atom. The number of esters is 1. The zero-order chi connectivity index (χ0) is 64.4. The Bertz CT molecular complexity index is 2790. The zero-order valence-electron chi connectivity index (χ0n) is 53.3. The minimum absolute atomic E-state index is 0.00298. The number of nitrogens with one attached hydrogen (secondary N) is 1. The van der Waals surface area contributed by atoms with E-state index in [4.69, 9.17) is 66.7 Å². The Hall–Kier alpha value is -5.48. The fraction of sp³-hybridized carbons (Fsp3) is 0.641. The number of aryl methyl sites for hydroxylation is 3. The number of aromatic nitrogens is 1. The second-order valence-electron chi connectivity index (χ2n) is 21.5. The predicted molar refractivity (Wildman–Crippen MR) is 330 cm³/mol. The van der Waals surface area contributed by atoms with Gasteiger partial charge in [-0.15, -0.1) is 0 Å². The number of aliphatic carboxylic acids is 1. The van der Waals surface area contributed by atoms with E-state index >= 15 is 4.79 Å². The van der Waals surface area contributed by atoms with Crippen molar-refractivity contribution in [2.24, 2.45) is 0 Å². The van der Waals surface area contributed by atoms with Crippen molar-refractivity contribution in [2.75, 3.05) is 120 Å². The third-order valence-corrected chi connectivity index (χ3v) is 15.2. The van der Waals surface area contributed by atoms with Crippen molar-refractivity contribution in [1.29, 1.82) is 0 Å².